The maximum absolute atomic E-state index is 12.6. The van der Waals surface area contributed by atoms with Crippen molar-refractivity contribution in [3.63, 3.8) is 0 Å². The van der Waals surface area contributed by atoms with Crippen LogP contribution in [-0.2, 0) is 45.2 Å². The topological polar surface area (TPSA) is 72.5 Å². The smallest absolute Gasteiger partial charge is 0.320 e. The lowest BCUT2D eigenvalue weighted by atomic mass is 10.2. The minimum absolute atomic E-state index is 0.140. The van der Waals surface area contributed by atoms with Gasteiger partial charge in [-0.2, -0.15) is 0 Å². The molecule has 2 atom stereocenters. The molecule has 0 bridgehead atoms. The van der Waals surface area contributed by atoms with Gasteiger partial charge >= 0.3 is 8.25 Å². The SMILES string of the molecule is CC(C)(C)[Si](C)(C)OCC(COCc1ccccc1)CSCO[PH](=O)OCSCC(COCc1ccccc1)CO[Si](C)(C)C(C)(C)C. The van der Waals surface area contributed by atoms with Crippen LogP contribution in [0.15, 0.2) is 60.7 Å². The minimum atomic E-state index is -2.60. The quantitative estimate of drug-likeness (QED) is 0.0450. The maximum Gasteiger partial charge on any atom is 0.320 e. The first-order chi connectivity index (χ1) is 22.5. The zero-order valence-corrected chi connectivity index (χ0v) is 35.8. The Morgan fingerprint density at radius 2 is 0.958 bits per heavy atom. The average molecular weight is 759 g/mol. The maximum atomic E-state index is 12.6. The van der Waals surface area contributed by atoms with E-state index in [4.69, 9.17) is 27.4 Å². The zero-order chi connectivity index (χ0) is 35.7. The van der Waals surface area contributed by atoms with Crippen LogP contribution in [0.5, 0.6) is 0 Å². The van der Waals surface area contributed by atoms with Crippen molar-refractivity contribution in [3.05, 3.63) is 71.8 Å². The Balaban J connectivity index is 1.76. The van der Waals surface area contributed by atoms with Crippen LogP contribution in [0.1, 0.15) is 52.7 Å². The Labute approximate surface area is 303 Å². The lowest BCUT2D eigenvalue weighted by Crippen LogP contribution is -2.42. The molecule has 0 aliphatic heterocycles. The fraction of sp³-hybridized carbons (Fsp3) is 0.667. The van der Waals surface area contributed by atoms with Gasteiger partial charge in [0.05, 0.1) is 26.4 Å². The second-order valence-electron chi connectivity index (χ2n) is 15.4. The van der Waals surface area contributed by atoms with E-state index in [-0.39, 0.29) is 21.9 Å². The third-order valence-corrected chi connectivity index (χ3v) is 21.3. The highest BCUT2D eigenvalue weighted by molar-refractivity contribution is 7.99. The highest BCUT2D eigenvalue weighted by atomic mass is 32.2. The molecule has 0 saturated heterocycles. The van der Waals surface area contributed by atoms with Crippen LogP contribution < -0.4 is 0 Å². The van der Waals surface area contributed by atoms with E-state index < -0.39 is 24.9 Å². The molecule has 0 heterocycles. The van der Waals surface area contributed by atoms with E-state index in [0.717, 1.165) is 22.6 Å². The lowest BCUT2D eigenvalue weighted by molar-refractivity contribution is 0.0731. The molecule has 2 aromatic carbocycles. The van der Waals surface area contributed by atoms with Crippen LogP contribution in [0.3, 0.4) is 0 Å². The Morgan fingerprint density at radius 1 is 0.604 bits per heavy atom. The van der Waals surface area contributed by atoms with Crippen LogP contribution >= 0.6 is 31.8 Å². The van der Waals surface area contributed by atoms with Crippen LogP contribution in [0, 0.1) is 11.8 Å². The van der Waals surface area contributed by atoms with Gasteiger partial charge in [0.1, 0.15) is 11.9 Å². The Hall–Kier alpha value is -0.436. The first-order valence-electron chi connectivity index (χ1n) is 17.0. The molecule has 0 aromatic heterocycles. The van der Waals surface area contributed by atoms with Gasteiger partial charge in [-0.25, -0.2) is 0 Å². The molecular weight excluding hydrogens is 696 g/mol. The Morgan fingerprint density at radius 3 is 1.29 bits per heavy atom. The molecule has 0 N–H and O–H groups in total. The van der Waals surface area contributed by atoms with Crippen molar-refractivity contribution in [1.29, 1.82) is 0 Å². The standard InChI is InChI=1S/C36H63O7PS2Si2/c1-35(2,3)47(7,8)42-25-33(23-38-21-31-17-13-11-14-18-31)27-45-29-40-44(37)41-30-46-28-34(26-43-48(9,10)36(4,5)6)24-39-22-32-19-15-12-16-20-32/h11-20,33-34,44H,21-30H2,1-10H3. The highest BCUT2D eigenvalue weighted by Crippen LogP contribution is 2.38. The van der Waals surface area contributed by atoms with Gasteiger partial charge in [0.15, 0.2) is 16.6 Å². The van der Waals surface area contributed by atoms with Gasteiger partial charge < -0.3 is 18.3 Å². The van der Waals surface area contributed by atoms with E-state index in [1.165, 1.54) is 0 Å². The Kier molecular flexibility index (Phi) is 19.9. The molecule has 0 spiro atoms. The summed E-state index contributed by atoms with van der Waals surface area (Å²) in [5.41, 5.74) is 2.31. The fourth-order valence-corrected chi connectivity index (χ4v) is 8.79. The van der Waals surface area contributed by atoms with Gasteiger partial charge in [0.2, 0.25) is 0 Å². The molecule has 12 heteroatoms. The van der Waals surface area contributed by atoms with E-state index in [1.807, 2.05) is 36.4 Å². The molecule has 2 aromatic rings. The number of ether oxygens (including phenoxy) is 2. The number of hydrogen-bond donors (Lipinski definition) is 0. The van der Waals surface area contributed by atoms with Gasteiger partial charge in [-0.15, -0.1) is 23.5 Å². The average Bonchev–Trinajstić information content (AvgIpc) is 3.02. The van der Waals surface area contributed by atoms with Crippen molar-refractivity contribution in [2.75, 3.05) is 49.8 Å². The normalized spacial score (nSPS) is 15.0. The van der Waals surface area contributed by atoms with Gasteiger partial charge in [0, 0.05) is 36.6 Å². The summed E-state index contributed by atoms with van der Waals surface area (Å²) < 4.78 is 48.9. The molecule has 0 amide bonds. The molecule has 7 nitrogen and oxygen atoms in total. The molecule has 0 saturated carbocycles. The van der Waals surface area contributed by atoms with Gasteiger partial charge in [0.25, 0.3) is 0 Å². The van der Waals surface area contributed by atoms with Gasteiger partial charge in [-0.05, 0) is 47.4 Å². The van der Waals surface area contributed by atoms with E-state index in [2.05, 4.69) is 92.0 Å². The van der Waals surface area contributed by atoms with E-state index >= 15 is 0 Å². The summed E-state index contributed by atoms with van der Waals surface area (Å²) >= 11 is 3.20. The highest BCUT2D eigenvalue weighted by Gasteiger charge is 2.38. The number of benzene rings is 2. The van der Waals surface area contributed by atoms with Crippen molar-refractivity contribution in [3.8, 4) is 0 Å². The summed E-state index contributed by atoms with van der Waals surface area (Å²) in [6.07, 6.45) is 0. The van der Waals surface area contributed by atoms with Crippen LogP contribution in [-0.4, -0.2) is 66.4 Å². The van der Waals surface area contributed by atoms with Crippen LogP contribution in [0.25, 0.3) is 0 Å². The van der Waals surface area contributed by atoms with Crippen molar-refractivity contribution in [2.45, 2.75) is 91.0 Å². The van der Waals surface area contributed by atoms with E-state index in [0.29, 0.717) is 51.5 Å². The zero-order valence-electron chi connectivity index (χ0n) is 31.2. The fourth-order valence-electron chi connectivity index (χ4n) is 3.86. The molecule has 0 radical (unpaired) electrons. The molecule has 0 aliphatic carbocycles. The third-order valence-electron chi connectivity index (χ3n) is 9.13. The predicted molar refractivity (Wildman–Crippen MR) is 211 cm³/mol. The summed E-state index contributed by atoms with van der Waals surface area (Å²) in [6, 6.07) is 20.4. The summed E-state index contributed by atoms with van der Waals surface area (Å²) in [5.74, 6) is 2.56. The van der Waals surface area contributed by atoms with Crippen molar-refractivity contribution >= 4 is 48.4 Å². The molecule has 274 valence electrons. The summed E-state index contributed by atoms with van der Waals surface area (Å²) in [7, 11) is -6.38. The summed E-state index contributed by atoms with van der Waals surface area (Å²) in [6.45, 7) is 26.2. The first kappa shape index (κ1) is 43.7. The molecule has 0 fully saturated rings. The largest absolute Gasteiger partial charge is 0.416 e. The second-order valence-corrected chi connectivity index (χ2v) is 28.0. The van der Waals surface area contributed by atoms with E-state index in [1.54, 1.807) is 23.5 Å². The molecule has 48 heavy (non-hydrogen) atoms. The predicted octanol–water partition coefficient (Wildman–Crippen LogP) is 10.5. The minimum Gasteiger partial charge on any atom is -0.416 e. The molecule has 2 rings (SSSR count). The van der Waals surface area contributed by atoms with Crippen molar-refractivity contribution in [2.24, 2.45) is 11.8 Å². The number of hydrogen-bond acceptors (Lipinski definition) is 9. The van der Waals surface area contributed by atoms with Crippen molar-refractivity contribution in [1.82, 2.24) is 0 Å². The molecule has 2 unspecified atom stereocenters. The van der Waals surface area contributed by atoms with Gasteiger partial charge in [-0.1, -0.05) is 102 Å². The molecule has 0 aliphatic rings. The van der Waals surface area contributed by atoms with Gasteiger partial charge in [-0.3, -0.25) is 13.6 Å². The van der Waals surface area contributed by atoms with E-state index in [9.17, 15) is 4.57 Å². The summed E-state index contributed by atoms with van der Waals surface area (Å²) in [5, 5.41) is 0.280. The van der Waals surface area contributed by atoms with Crippen LogP contribution in [0.4, 0.5) is 0 Å². The summed E-state index contributed by atoms with van der Waals surface area (Å²) in [4.78, 5) is 0. The Bertz CT molecular complexity index is 1070. The van der Waals surface area contributed by atoms with Crippen LogP contribution in [0.2, 0.25) is 36.3 Å². The van der Waals surface area contributed by atoms with Crippen molar-refractivity contribution < 1.29 is 31.9 Å². The number of rotatable bonds is 24. The monoisotopic (exact) mass is 758 g/mol. The second kappa shape index (κ2) is 21.8. The molecular formula is C36H63O7PS2Si2. The lowest BCUT2D eigenvalue weighted by Gasteiger charge is -2.37. The first-order valence-corrected chi connectivity index (χ1v) is 26.3. The third kappa shape index (κ3) is 17.7. The number of thioether (sulfide) groups is 2.